The van der Waals surface area contributed by atoms with Crippen LogP contribution < -0.4 is 11.5 Å². The van der Waals surface area contributed by atoms with Gasteiger partial charge in [0.15, 0.2) is 0 Å². The Labute approximate surface area is 72.2 Å². The molecule has 0 amide bonds. The normalized spacial score (nSPS) is 14.4. The average Bonchev–Trinajstić information content (AvgIpc) is 2.03. The molecule has 1 unspecified atom stereocenters. The van der Waals surface area contributed by atoms with Crippen LogP contribution in [0, 0.1) is 5.92 Å². The SMILES string of the molecule is CC(=CC(CN)CCN)C(=O)O. The quantitative estimate of drug-likeness (QED) is 0.507. The zero-order valence-electron chi connectivity index (χ0n) is 7.29. The average molecular weight is 172 g/mol. The molecule has 4 nitrogen and oxygen atoms in total. The van der Waals surface area contributed by atoms with E-state index in [1.54, 1.807) is 13.0 Å². The molecule has 0 spiro atoms. The summed E-state index contributed by atoms with van der Waals surface area (Å²) in [6, 6.07) is 0. The van der Waals surface area contributed by atoms with Crippen molar-refractivity contribution in [1.29, 1.82) is 0 Å². The lowest BCUT2D eigenvalue weighted by molar-refractivity contribution is -0.132. The lowest BCUT2D eigenvalue weighted by Gasteiger charge is -2.08. The van der Waals surface area contributed by atoms with E-state index in [1.165, 1.54) is 0 Å². The van der Waals surface area contributed by atoms with Crippen molar-refractivity contribution in [2.45, 2.75) is 13.3 Å². The van der Waals surface area contributed by atoms with Gasteiger partial charge in [-0.05, 0) is 32.4 Å². The van der Waals surface area contributed by atoms with Gasteiger partial charge in [0.05, 0.1) is 0 Å². The van der Waals surface area contributed by atoms with Crippen molar-refractivity contribution in [2.24, 2.45) is 17.4 Å². The van der Waals surface area contributed by atoms with Crippen molar-refractivity contribution in [3.63, 3.8) is 0 Å². The number of carboxylic acids is 1. The molecule has 0 aliphatic carbocycles. The molecule has 0 heterocycles. The number of hydrogen-bond acceptors (Lipinski definition) is 3. The predicted octanol–water partition coefficient (Wildman–Crippen LogP) is -0.0590. The minimum absolute atomic E-state index is 0.0890. The molecule has 0 radical (unpaired) electrons. The van der Waals surface area contributed by atoms with Gasteiger partial charge in [-0.15, -0.1) is 0 Å². The Morgan fingerprint density at radius 1 is 1.58 bits per heavy atom. The van der Waals surface area contributed by atoms with E-state index in [4.69, 9.17) is 16.6 Å². The molecule has 0 rings (SSSR count). The molecule has 5 N–H and O–H groups in total. The summed E-state index contributed by atoms with van der Waals surface area (Å²) >= 11 is 0. The van der Waals surface area contributed by atoms with E-state index < -0.39 is 5.97 Å². The van der Waals surface area contributed by atoms with Gasteiger partial charge in [0.1, 0.15) is 0 Å². The molecule has 0 aromatic carbocycles. The van der Waals surface area contributed by atoms with Crippen molar-refractivity contribution in [2.75, 3.05) is 13.1 Å². The van der Waals surface area contributed by atoms with Crippen LogP contribution in [-0.2, 0) is 4.79 Å². The summed E-state index contributed by atoms with van der Waals surface area (Å²) in [7, 11) is 0. The first-order valence-corrected chi connectivity index (χ1v) is 3.93. The Hall–Kier alpha value is -0.870. The number of hydrogen-bond donors (Lipinski definition) is 3. The highest BCUT2D eigenvalue weighted by Gasteiger charge is 2.05. The summed E-state index contributed by atoms with van der Waals surface area (Å²) in [6.45, 7) is 2.54. The second kappa shape index (κ2) is 5.74. The maximum absolute atomic E-state index is 10.4. The highest BCUT2D eigenvalue weighted by molar-refractivity contribution is 5.85. The Morgan fingerprint density at radius 2 is 2.17 bits per heavy atom. The standard InChI is InChI=1S/C8H16N2O2/c1-6(8(11)12)4-7(5-10)2-3-9/h4,7H,2-3,5,9-10H2,1H3,(H,11,12). The van der Waals surface area contributed by atoms with Crippen LogP contribution in [0.3, 0.4) is 0 Å². The van der Waals surface area contributed by atoms with E-state index in [1.807, 2.05) is 0 Å². The largest absolute Gasteiger partial charge is 0.478 e. The predicted molar refractivity (Wildman–Crippen MR) is 47.6 cm³/mol. The Morgan fingerprint density at radius 3 is 2.50 bits per heavy atom. The molecule has 70 valence electrons. The van der Waals surface area contributed by atoms with Crippen molar-refractivity contribution in [1.82, 2.24) is 0 Å². The van der Waals surface area contributed by atoms with Gasteiger partial charge in [0.25, 0.3) is 0 Å². The van der Waals surface area contributed by atoms with E-state index in [-0.39, 0.29) is 5.92 Å². The molecule has 12 heavy (non-hydrogen) atoms. The first kappa shape index (κ1) is 11.1. The van der Waals surface area contributed by atoms with Gasteiger partial charge in [-0.3, -0.25) is 0 Å². The van der Waals surface area contributed by atoms with Gasteiger partial charge >= 0.3 is 5.97 Å². The van der Waals surface area contributed by atoms with Crippen LogP contribution in [0.2, 0.25) is 0 Å². The van der Waals surface area contributed by atoms with Crippen molar-refractivity contribution in [3.05, 3.63) is 11.6 Å². The van der Waals surface area contributed by atoms with Crippen LogP contribution in [0.1, 0.15) is 13.3 Å². The van der Waals surface area contributed by atoms with Crippen molar-refractivity contribution < 1.29 is 9.90 Å². The van der Waals surface area contributed by atoms with Gasteiger partial charge in [0, 0.05) is 5.57 Å². The Balaban J connectivity index is 4.14. The van der Waals surface area contributed by atoms with E-state index in [0.29, 0.717) is 18.7 Å². The minimum atomic E-state index is -0.898. The van der Waals surface area contributed by atoms with Crippen LogP contribution in [0.5, 0.6) is 0 Å². The third-order valence-electron chi connectivity index (χ3n) is 1.66. The molecular formula is C8H16N2O2. The van der Waals surface area contributed by atoms with Gasteiger partial charge in [-0.2, -0.15) is 0 Å². The maximum Gasteiger partial charge on any atom is 0.330 e. The highest BCUT2D eigenvalue weighted by atomic mass is 16.4. The van der Waals surface area contributed by atoms with Crippen LogP contribution in [0.25, 0.3) is 0 Å². The van der Waals surface area contributed by atoms with Gasteiger partial charge in [-0.1, -0.05) is 6.08 Å². The second-order valence-corrected chi connectivity index (χ2v) is 2.73. The molecule has 0 saturated carbocycles. The maximum atomic E-state index is 10.4. The molecule has 0 aromatic rings. The number of nitrogens with two attached hydrogens (primary N) is 2. The topological polar surface area (TPSA) is 89.3 Å². The summed E-state index contributed by atoms with van der Waals surface area (Å²) in [4.78, 5) is 10.4. The Kier molecular flexibility index (Phi) is 5.32. The van der Waals surface area contributed by atoms with Crippen molar-refractivity contribution >= 4 is 5.97 Å². The number of carboxylic acid groups (broad SMARTS) is 1. The van der Waals surface area contributed by atoms with Gasteiger partial charge in [-0.25, -0.2) is 4.79 Å². The third kappa shape index (κ3) is 4.10. The molecule has 0 aliphatic rings. The highest BCUT2D eigenvalue weighted by Crippen LogP contribution is 2.05. The molecule has 0 aromatic heterocycles. The number of carbonyl (C=O) groups is 1. The molecule has 0 aliphatic heterocycles. The fourth-order valence-corrected chi connectivity index (χ4v) is 0.908. The molecule has 0 fully saturated rings. The van der Waals surface area contributed by atoms with Crippen LogP contribution in [0.4, 0.5) is 0 Å². The summed E-state index contributed by atoms with van der Waals surface area (Å²) in [5.74, 6) is -0.809. The minimum Gasteiger partial charge on any atom is -0.478 e. The summed E-state index contributed by atoms with van der Waals surface area (Å²) < 4.78 is 0. The summed E-state index contributed by atoms with van der Waals surface area (Å²) in [5.41, 5.74) is 11.1. The summed E-state index contributed by atoms with van der Waals surface area (Å²) in [6.07, 6.45) is 2.40. The first-order valence-electron chi connectivity index (χ1n) is 3.93. The second-order valence-electron chi connectivity index (χ2n) is 2.73. The fourth-order valence-electron chi connectivity index (χ4n) is 0.908. The van der Waals surface area contributed by atoms with E-state index in [2.05, 4.69) is 0 Å². The van der Waals surface area contributed by atoms with E-state index >= 15 is 0 Å². The first-order chi connectivity index (χ1) is 5.61. The van der Waals surface area contributed by atoms with Gasteiger partial charge in [0.2, 0.25) is 0 Å². The zero-order chi connectivity index (χ0) is 9.56. The number of aliphatic carboxylic acids is 1. The molecule has 4 heteroatoms. The van der Waals surface area contributed by atoms with Crippen LogP contribution in [0.15, 0.2) is 11.6 Å². The molecule has 1 atom stereocenters. The lowest BCUT2D eigenvalue weighted by atomic mass is 10.0. The van der Waals surface area contributed by atoms with E-state index in [0.717, 1.165) is 6.42 Å². The van der Waals surface area contributed by atoms with Crippen LogP contribution in [-0.4, -0.2) is 24.2 Å². The lowest BCUT2D eigenvalue weighted by Crippen LogP contribution is -2.17. The molecular weight excluding hydrogens is 156 g/mol. The van der Waals surface area contributed by atoms with Crippen LogP contribution >= 0.6 is 0 Å². The monoisotopic (exact) mass is 172 g/mol. The molecule has 0 saturated heterocycles. The smallest absolute Gasteiger partial charge is 0.330 e. The zero-order valence-corrected chi connectivity index (χ0v) is 7.29. The van der Waals surface area contributed by atoms with Crippen molar-refractivity contribution in [3.8, 4) is 0 Å². The Bertz CT molecular complexity index is 178. The van der Waals surface area contributed by atoms with Gasteiger partial charge < -0.3 is 16.6 Å². The third-order valence-corrected chi connectivity index (χ3v) is 1.66. The summed E-state index contributed by atoms with van der Waals surface area (Å²) in [5, 5.41) is 8.55. The fraction of sp³-hybridized carbons (Fsp3) is 0.625. The molecule has 0 bridgehead atoms. The van der Waals surface area contributed by atoms with E-state index in [9.17, 15) is 4.79 Å². The number of rotatable bonds is 5.